The van der Waals surface area contributed by atoms with Gasteiger partial charge in [-0.2, -0.15) is 4.31 Å². The molecular formula is C35H52N4O9S. The SMILES string of the molecule is CC(C)OC(=O)NCCCCC(C)(C)CN(C[C@@H](O)[C@H](Cc1ccccc1)NC(=O)O[C@H]1CO[C@H]2OCC[C@H]21)S(=O)(=O)c1cccc(N)c1. The second kappa shape index (κ2) is 17.5. The van der Waals surface area contributed by atoms with E-state index in [1.165, 1.54) is 16.4 Å². The van der Waals surface area contributed by atoms with Gasteiger partial charge < -0.3 is 40.4 Å². The Balaban J connectivity index is 1.49. The summed E-state index contributed by atoms with van der Waals surface area (Å²) < 4.78 is 51.5. The van der Waals surface area contributed by atoms with Crippen molar-refractivity contribution in [3.05, 3.63) is 60.2 Å². The van der Waals surface area contributed by atoms with Crippen molar-refractivity contribution in [2.24, 2.45) is 11.3 Å². The number of nitrogens with zero attached hydrogens (tertiary/aromatic N) is 1. The van der Waals surface area contributed by atoms with Crippen molar-refractivity contribution in [3.8, 4) is 0 Å². The summed E-state index contributed by atoms with van der Waals surface area (Å²) in [5.41, 5.74) is 6.58. The summed E-state index contributed by atoms with van der Waals surface area (Å²) in [5, 5.41) is 17.3. The average molecular weight is 705 g/mol. The van der Waals surface area contributed by atoms with Crippen LogP contribution in [0.25, 0.3) is 0 Å². The van der Waals surface area contributed by atoms with Crippen LogP contribution >= 0.6 is 0 Å². The Bertz CT molecular complexity index is 1470. The Hall–Kier alpha value is -3.43. The number of alkyl carbamates (subject to hydrolysis) is 2. The fraction of sp³-hybridized carbons (Fsp3) is 0.600. The number of fused-ring (bicyclic) bond motifs is 1. The Morgan fingerprint density at radius 1 is 1.08 bits per heavy atom. The number of nitrogen functional groups attached to an aromatic ring is 1. The van der Waals surface area contributed by atoms with Crippen LogP contribution in [0.4, 0.5) is 15.3 Å². The van der Waals surface area contributed by atoms with Gasteiger partial charge in [0, 0.05) is 25.3 Å². The maximum Gasteiger partial charge on any atom is 0.407 e. The Labute approximate surface area is 289 Å². The molecule has 14 heteroatoms. The van der Waals surface area contributed by atoms with Gasteiger partial charge in [0.1, 0.15) is 6.10 Å². The third-order valence-corrected chi connectivity index (χ3v) is 10.5. The number of aliphatic hydroxyl groups excluding tert-OH is 1. The van der Waals surface area contributed by atoms with Gasteiger partial charge in [0.05, 0.1) is 42.3 Å². The number of carbonyl (C=O) groups is 2. The molecule has 2 saturated heterocycles. The molecule has 2 aromatic carbocycles. The van der Waals surface area contributed by atoms with Crippen LogP contribution in [-0.4, -0.2) is 93.5 Å². The van der Waals surface area contributed by atoms with Crippen LogP contribution in [0, 0.1) is 11.3 Å². The summed E-state index contributed by atoms with van der Waals surface area (Å²) in [6, 6.07) is 14.5. The van der Waals surface area contributed by atoms with Crippen LogP contribution in [0.3, 0.4) is 0 Å². The predicted octanol–water partition coefficient (Wildman–Crippen LogP) is 4.05. The van der Waals surface area contributed by atoms with E-state index in [1.54, 1.807) is 26.0 Å². The molecule has 0 aromatic heterocycles. The number of carbonyl (C=O) groups excluding carboxylic acids is 2. The number of nitrogens with one attached hydrogen (secondary N) is 2. The zero-order valence-electron chi connectivity index (χ0n) is 28.9. The number of sulfonamides is 1. The lowest BCUT2D eigenvalue weighted by Crippen LogP contribution is -2.52. The van der Waals surface area contributed by atoms with E-state index in [2.05, 4.69) is 10.6 Å². The van der Waals surface area contributed by atoms with Crippen molar-refractivity contribution in [1.29, 1.82) is 0 Å². The summed E-state index contributed by atoms with van der Waals surface area (Å²) in [6.07, 6.45) is -0.629. The second-order valence-corrected chi connectivity index (χ2v) is 15.8. The van der Waals surface area contributed by atoms with Gasteiger partial charge in [-0.1, -0.05) is 56.7 Å². The lowest BCUT2D eigenvalue weighted by Gasteiger charge is -2.35. The van der Waals surface area contributed by atoms with E-state index in [9.17, 15) is 23.1 Å². The standard InChI is InChI=1S/C35H52N4O9S/c1-24(2)47-33(41)37-17-9-8-16-35(3,4)23-39(49(43,44)27-14-10-13-26(36)20-27)21-30(40)29(19-25-11-6-5-7-12-25)38-34(42)48-31-22-46-32-28(31)15-18-45-32/h5-7,10-14,20,24,28-32,40H,8-9,15-19,21-23,36H2,1-4H3,(H,37,41)(H,38,42)/t28-,29-,30+,31-,32+/m0/s1. The van der Waals surface area contributed by atoms with Crippen molar-refractivity contribution in [3.63, 3.8) is 0 Å². The number of nitrogens with two attached hydrogens (primary N) is 1. The quantitative estimate of drug-likeness (QED) is 0.139. The normalized spacial score (nSPS) is 20.5. The average Bonchev–Trinajstić information content (AvgIpc) is 3.65. The number of aliphatic hydroxyl groups is 1. The molecule has 49 heavy (non-hydrogen) atoms. The van der Waals surface area contributed by atoms with Crippen LogP contribution in [0.2, 0.25) is 0 Å². The zero-order chi connectivity index (χ0) is 35.6. The monoisotopic (exact) mass is 704 g/mol. The first-order valence-corrected chi connectivity index (χ1v) is 18.4. The molecule has 0 bridgehead atoms. The van der Waals surface area contributed by atoms with Gasteiger partial charge >= 0.3 is 12.2 Å². The van der Waals surface area contributed by atoms with E-state index in [4.69, 9.17) is 24.7 Å². The molecule has 2 aromatic rings. The first kappa shape index (κ1) is 38.4. The van der Waals surface area contributed by atoms with Gasteiger partial charge in [-0.15, -0.1) is 0 Å². The third-order valence-electron chi connectivity index (χ3n) is 8.69. The topological polar surface area (TPSA) is 179 Å². The highest BCUT2D eigenvalue weighted by Gasteiger charge is 2.44. The molecule has 0 radical (unpaired) electrons. The molecule has 2 heterocycles. The molecule has 0 unspecified atom stereocenters. The minimum absolute atomic E-state index is 0.00455. The molecule has 272 valence electrons. The Morgan fingerprint density at radius 2 is 1.84 bits per heavy atom. The van der Waals surface area contributed by atoms with Crippen LogP contribution in [0.5, 0.6) is 0 Å². The van der Waals surface area contributed by atoms with E-state index in [0.29, 0.717) is 44.5 Å². The maximum atomic E-state index is 14.1. The number of hydrogen-bond acceptors (Lipinski definition) is 10. The maximum absolute atomic E-state index is 14.1. The molecule has 2 aliphatic rings. The zero-order valence-corrected chi connectivity index (χ0v) is 29.7. The van der Waals surface area contributed by atoms with Crippen molar-refractivity contribution in [1.82, 2.24) is 14.9 Å². The van der Waals surface area contributed by atoms with Crippen LogP contribution in [0.15, 0.2) is 59.5 Å². The molecule has 0 aliphatic carbocycles. The van der Waals surface area contributed by atoms with Gasteiger partial charge in [-0.3, -0.25) is 0 Å². The lowest BCUT2D eigenvalue weighted by molar-refractivity contribution is -0.0907. The summed E-state index contributed by atoms with van der Waals surface area (Å²) in [6.45, 7) is 8.43. The van der Waals surface area contributed by atoms with Crippen LogP contribution in [0.1, 0.15) is 58.9 Å². The minimum atomic E-state index is -4.13. The van der Waals surface area contributed by atoms with Crippen LogP contribution < -0.4 is 16.4 Å². The minimum Gasteiger partial charge on any atom is -0.447 e. The van der Waals surface area contributed by atoms with Gasteiger partial charge in [0.25, 0.3) is 0 Å². The fourth-order valence-corrected chi connectivity index (χ4v) is 7.86. The van der Waals surface area contributed by atoms with E-state index in [-0.39, 0.29) is 43.0 Å². The summed E-state index contributed by atoms with van der Waals surface area (Å²) in [4.78, 5) is 25.0. The molecule has 13 nitrogen and oxygen atoms in total. The first-order chi connectivity index (χ1) is 23.2. The third kappa shape index (κ3) is 11.6. The second-order valence-electron chi connectivity index (χ2n) is 13.8. The first-order valence-electron chi connectivity index (χ1n) is 17.0. The molecule has 5 atom stereocenters. The van der Waals surface area contributed by atoms with Crippen molar-refractivity contribution >= 4 is 27.9 Å². The Kier molecular flexibility index (Phi) is 13.7. The molecule has 2 fully saturated rings. The number of hydrogen-bond donors (Lipinski definition) is 4. The molecule has 0 spiro atoms. The van der Waals surface area contributed by atoms with Gasteiger partial charge in [0.15, 0.2) is 6.29 Å². The van der Waals surface area contributed by atoms with E-state index < -0.39 is 52.2 Å². The molecule has 5 N–H and O–H groups in total. The van der Waals surface area contributed by atoms with Crippen molar-refractivity contribution < 1.29 is 42.1 Å². The largest absolute Gasteiger partial charge is 0.447 e. The highest BCUT2D eigenvalue weighted by molar-refractivity contribution is 7.89. The highest BCUT2D eigenvalue weighted by Crippen LogP contribution is 2.33. The number of rotatable bonds is 17. The summed E-state index contributed by atoms with van der Waals surface area (Å²) >= 11 is 0. The van der Waals surface area contributed by atoms with Gasteiger partial charge in [0.2, 0.25) is 10.0 Å². The van der Waals surface area contributed by atoms with Crippen molar-refractivity contribution in [2.45, 2.75) is 95.3 Å². The fourth-order valence-electron chi connectivity index (χ4n) is 6.16. The van der Waals surface area contributed by atoms with Gasteiger partial charge in [-0.25, -0.2) is 18.0 Å². The number of amides is 2. The Morgan fingerprint density at radius 3 is 2.55 bits per heavy atom. The van der Waals surface area contributed by atoms with Gasteiger partial charge in [-0.05, 0) is 68.7 Å². The van der Waals surface area contributed by atoms with E-state index in [1.807, 2.05) is 44.2 Å². The number of benzene rings is 2. The molecule has 4 rings (SSSR count). The summed E-state index contributed by atoms with van der Waals surface area (Å²) in [5.74, 6) is -0.0611. The predicted molar refractivity (Wildman–Crippen MR) is 184 cm³/mol. The number of anilines is 1. The van der Waals surface area contributed by atoms with Crippen molar-refractivity contribution in [2.75, 3.05) is 38.6 Å². The number of unbranched alkanes of at least 4 members (excludes halogenated alkanes) is 1. The summed E-state index contributed by atoms with van der Waals surface area (Å²) in [7, 11) is -4.13. The van der Waals surface area contributed by atoms with E-state index >= 15 is 0 Å². The smallest absolute Gasteiger partial charge is 0.407 e. The van der Waals surface area contributed by atoms with Crippen LogP contribution in [-0.2, 0) is 35.4 Å². The molecule has 2 aliphatic heterocycles. The molecule has 2 amide bonds. The molecule has 0 saturated carbocycles. The lowest BCUT2D eigenvalue weighted by atomic mass is 9.87. The molecular weight excluding hydrogens is 652 g/mol. The van der Waals surface area contributed by atoms with E-state index in [0.717, 1.165) is 5.56 Å². The highest BCUT2D eigenvalue weighted by atomic mass is 32.2. The number of ether oxygens (including phenoxy) is 4.